The molecule has 1 aromatic carbocycles. The zero-order valence-corrected chi connectivity index (χ0v) is 13.4. The van der Waals surface area contributed by atoms with Gasteiger partial charge in [0.1, 0.15) is 0 Å². The molecule has 0 fully saturated rings. The minimum atomic E-state index is -0.903. The van der Waals surface area contributed by atoms with E-state index in [9.17, 15) is 4.79 Å². The number of hydrogen-bond donors (Lipinski definition) is 1. The van der Waals surface area contributed by atoms with Crippen LogP contribution in [0.15, 0.2) is 36.7 Å². The maximum absolute atomic E-state index is 10.8. The van der Waals surface area contributed by atoms with Crippen LogP contribution in [0.5, 0.6) is 6.01 Å². The van der Waals surface area contributed by atoms with Crippen molar-refractivity contribution < 1.29 is 14.6 Å². The number of unbranched alkanes of at least 4 members (excludes halogenated alkanes) is 2. The fourth-order valence-electron chi connectivity index (χ4n) is 2.16. The van der Waals surface area contributed by atoms with Crippen LogP contribution in [0.3, 0.4) is 0 Å². The molecule has 1 N–H and O–H groups in total. The first-order chi connectivity index (χ1) is 11.2. The maximum atomic E-state index is 10.8. The van der Waals surface area contributed by atoms with Crippen molar-refractivity contribution in [2.45, 2.75) is 39.0 Å². The molecule has 5 nitrogen and oxygen atoms in total. The van der Waals surface area contributed by atoms with Crippen molar-refractivity contribution in [3.05, 3.63) is 53.3 Å². The maximum Gasteiger partial charge on any atom is 0.335 e. The van der Waals surface area contributed by atoms with Gasteiger partial charge in [-0.05, 0) is 42.5 Å². The molecule has 2 rings (SSSR count). The molecule has 0 aliphatic rings. The summed E-state index contributed by atoms with van der Waals surface area (Å²) in [6, 6.07) is 7.36. The van der Waals surface area contributed by atoms with Gasteiger partial charge in [-0.25, -0.2) is 14.8 Å². The Morgan fingerprint density at radius 3 is 2.30 bits per heavy atom. The second kappa shape index (κ2) is 8.88. The van der Waals surface area contributed by atoms with Crippen LogP contribution in [-0.2, 0) is 12.8 Å². The molecule has 0 unspecified atom stereocenters. The Labute approximate surface area is 136 Å². The fourth-order valence-corrected chi connectivity index (χ4v) is 2.16. The largest absolute Gasteiger partial charge is 0.478 e. The number of nitrogens with zero attached hydrogens (tertiary/aromatic N) is 2. The molecule has 0 amide bonds. The van der Waals surface area contributed by atoms with E-state index in [2.05, 4.69) is 16.9 Å². The number of rotatable bonds is 9. The summed E-state index contributed by atoms with van der Waals surface area (Å²) in [7, 11) is 0. The minimum absolute atomic E-state index is 0.307. The highest BCUT2D eigenvalue weighted by atomic mass is 16.5. The quantitative estimate of drug-likeness (QED) is 0.717. The van der Waals surface area contributed by atoms with Gasteiger partial charge in [-0.1, -0.05) is 31.9 Å². The van der Waals surface area contributed by atoms with E-state index >= 15 is 0 Å². The van der Waals surface area contributed by atoms with Crippen LogP contribution in [0.1, 0.15) is 47.7 Å². The first-order valence-electron chi connectivity index (χ1n) is 7.95. The Morgan fingerprint density at radius 2 is 1.70 bits per heavy atom. The fraction of sp³-hybridized carbons (Fsp3) is 0.389. The first-order valence-corrected chi connectivity index (χ1v) is 7.95. The summed E-state index contributed by atoms with van der Waals surface area (Å²) in [5, 5.41) is 8.87. The molecule has 0 saturated carbocycles. The molecule has 1 aromatic heterocycles. The van der Waals surface area contributed by atoms with Crippen molar-refractivity contribution in [2.75, 3.05) is 6.61 Å². The summed E-state index contributed by atoms with van der Waals surface area (Å²) in [6.45, 7) is 2.81. The number of aromatic nitrogens is 2. The topological polar surface area (TPSA) is 72.3 Å². The van der Waals surface area contributed by atoms with E-state index in [-0.39, 0.29) is 0 Å². The normalized spacial score (nSPS) is 10.5. The average Bonchev–Trinajstić information content (AvgIpc) is 2.58. The Morgan fingerprint density at radius 1 is 1.04 bits per heavy atom. The number of aromatic carboxylic acids is 1. The average molecular weight is 314 g/mol. The molecule has 0 bridgehead atoms. The van der Waals surface area contributed by atoms with E-state index in [1.807, 2.05) is 12.1 Å². The van der Waals surface area contributed by atoms with Crippen LogP contribution >= 0.6 is 0 Å². The Kier molecular flexibility index (Phi) is 6.54. The number of carbonyl (C=O) groups is 1. The summed E-state index contributed by atoms with van der Waals surface area (Å²) >= 11 is 0. The number of aryl methyl sites for hydroxylation is 2. The van der Waals surface area contributed by atoms with Gasteiger partial charge in [-0.2, -0.15) is 0 Å². The van der Waals surface area contributed by atoms with Crippen molar-refractivity contribution in [3.63, 3.8) is 0 Å². The number of ether oxygens (including phenoxy) is 1. The Hall–Kier alpha value is -2.43. The van der Waals surface area contributed by atoms with Crippen LogP contribution in [0, 0.1) is 0 Å². The lowest BCUT2D eigenvalue weighted by Crippen LogP contribution is -2.02. The molecule has 2 aromatic rings. The number of hydrogen-bond acceptors (Lipinski definition) is 4. The van der Waals surface area contributed by atoms with Gasteiger partial charge < -0.3 is 9.84 Å². The standard InChI is InChI=1S/C18H22N2O3/c1-2-3-4-11-23-18-19-12-15(13-20-18)6-5-14-7-9-16(10-8-14)17(21)22/h7-10,12-13H,2-6,11H2,1H3,(H,21,22). The summed E-state index contributed by atoms with van der Waals surface area (Å²) < 4.78 is 5.48. The van der Waals surface area contributed by atoms with Gasteiger partial charge in [0, 0.05) is 12.4 Å². The molecule has 5 heteroatoms. The van der Waals surface area contributed by atoms with Crippen LogP contribution in [-0.4, -0.2) is 27.7 Å². The number of benzene rings is 1. The van der Waals surface area contributed by atoms with Gasteiger partial charge in [0.15, 0.2) is 0 Å². The van der Waals surface area contributed by atoms with Crippen molar-refractivity contribution in [2.24, 2.45) is 0 Å². The minimum Gasteiger partial charge on any atom is -0.478 e. The lowest BCUT2D eigenvalue weighted by atomic mass is 10.1. The number of carboxylic acid groups (broad SMARTS) is 1. The summed E-state index contributed by atoms with van der Waals surface area (Å²) in [5.41, 5.74) is 2.43. The zero-order valence-electron chi connectivity index (χ0n) is 13.4. The van der Waals surface area contributed by atoms with E-state index in [1.54, 1.807) is 24.5 Å². The molecular formula is C18H22N2O3. The lowest BCUT2D eigenvalue weighted by molar-refractivity contribution is 0.0697. The monoisotopic (exact) mass is 314 g/mol. The van der Waals surface area contributed by atoms with E-state index < -0.39 is 5.97 Å². The van der Waals surface area contributed by atoms with Crippen molar-refractivity contribution in [3.8, 4) is 6.01 Å². The van der Waals surface area contributed by atoms with Gasteiger partial charge in [-0.3, -0.25) is 0 Å². The van der Waals surface area contributed by atoms with Crippen molar-refractivity contribution in [1.29, 1.82) is 0 Å². The molecule has 0 radical (unpaired) electrons. The third-order valence-corrected chi connectivity index (χ3v) is 3.56. The van der Waals surface area contributed by atoms with Crippen molar-refractivity contribution in [1.82, 2.24) is 9.97 Å². The third-order valence-electron chi connectivity index (χ3n) is 3.56. The Balaban J connectivity index is 1.80. The molecule has 0 atom stereocenters. The highest BCUT2D eigenvalue weighted by Crippen LogP contribution is 2.10. The molecule has 0 aliphatic carbocycles. The van der Waals surface area contributed by atoms with Crippen LogP contribution < -0.4 is 4.74 Å². The van der Waals surface area contributed by atoms with Gasteiger partial charge in [0.2, 0.25) is 0 Å². The zero-order chi connectivity index (χ0) is 16.5. The molecule has 0 saturated heterocycles. The van der Waals surface area contributed by atoms with Crippen molar-refractivity contribution >= 4 is 5.97 Å². The van der Waals surface area contributed by atoms with Gasteiger partial charge in [-0.15, -0.1) is 0 Å². The van der Waals surface area contributed by atoms with Crippen LogP contribution in [0.25, 0.3) is 0 Å². The highest BCUT2D eigenvalue weighted by Gasteiger charge is 2.03. The Bertz CT molecular complexity index is 609. The lowest BCUT2D eigenvalue weighted by Gasteiger charge is -2.05. The SMILES string of the molecule is CCCCCOc1ncc(CCc2ccc(C(=O)O)cc2)cn1. The van der Waals surface area contributed by atoms with Gasteiger partial charge >= 0.3 is 12.0 Å². The molecule has 23 heavy (non-hydrogen) atoms. The van der Waals surface area contributed by atoms with Gasteiger partial charge in [0.05, 0.1) is 12.2 Å². The summed E-state index contributed by atoms with van der Waals surface area (Å²) in [5.74, 6) is -0.903. The van der Waals surface area contributed by atoms with E-state index in [1.165, 1.54) is 0 Å². The molecule has 122 valence electrons. The summed E-state index contributed by atoms with van der Waals surface area (Å²) in [4.78, 5) is 19.2. The molecular weight excluding hydrogens is 292 g/mol. The third kappa shape index (κ3) is 5.70. The second-order valence-electron chi connectivity index (χ2n) is 5.43. The molecule has 0 spiro atoms. The van der Waals surface area contributed by atoms with E-state index in [0.29, 0.717) is 18.2 Å². The van der Waals surface area contributed by atoms with E-state index in [4.69, 9.17) is 9.84 Å². The number of carboxylic acids is 1. The van der Waals surface area contributed by atoms with Crippen LogP contribution in [0.4, 0.5) is 0 Å². The predicted octanol–water partition coefficient (Wildman–Crippen LogP) is 3.53. The first kappa shape index (κ1) is 16.9. The highest BCUT2D eigenvalue weighted by molar-refractivity contribution is 5.87. The second-order valence-corrected chi connectivity index (χ2v) is 5.43. The predicted molar refractivity (Wildman–Crippen MR) is 87.9 cm³/mol. The molecule has 1 heterocycles. The van der Waals surface area contributed by atoms with Gasteiger partial charge in [0.25, 0.3) is 0 Å². The molecule has 0 aliphatic heterocycles. The smallest absolute Gasteiger partial charge is 0.335 e. The van der Waals surface area contributed by atoms with E-state index in [0.717, 1.165) is 43.2 Å². The summed E-state index contributed by atoms with van der Waals surface area (Å²) in [6.07, 6.45) is 8.54. The van der Waals surface area contributed by atoms with Crippen LogP contribution in [0.2, 0.25) is 0 Å².